The zero-order chi connectivity index (χ0) is 14.8. The highest BCUT2D eigenvalue weighted by Crippen LogP contribution is 2.31. The first kappa shape index (κ1) is 14.2. The molecular formula is C16H16N2OS2. The maximum Gasteiger partial charge on any atom is 0.236 e. The highest BCUT2D eigenvalue weighted by Gasteiger charge is 2.12. The lowest BCUT2D eigenvalue weighted by Crippen LogP contribution is -1.89. The SMILES string of the molecule is Cc1cc(N)ccc1SCc1nc(-c2cccs2)oc1C. The molecule has 3 rings (SSSR count). The third-order valence-electron chi connectivity index (χ3n) is 3.19. The summed E-state index contributed by atoms with van der Waals surface area (Å²) < 4.78 is 5.76. The summed E-state index contributed by atoms with van der Waals surface area (Å²) in [4.78, 5) is 6.91. The quantitative estimate of drug-likeness (QED) is 0.550. The number of thiophene rings is 1. The van der Waals surface area contributed by atoms with Crippen LogP contribution in [-0.2, 0) is 5.75 Å². The number of aryl methyl sites for hydroxylation is 2. The summed E-state index contributed by atoms with van der Waals surface area (Å²) in [5.74, 6) is 2.40. The van der Waals surface area contributed by atoms with E-state index in [0.29, 0.717) is 5.89 Å². The van der Waals surface area contributed by atoms with Gasteiger partial charge in [-0.15, -0.1) is 23.1 Å². The van der Waals surface area contributed by atoms with Crippen molar-refractivity contribution in [2.45, 2.75) is 24.5 Å². The third kappa shape index (κ3) is 3.14. The Kier molecular flexibility index (Phi) is 4.03. The van der Waals surface area contributed by atoms with Gasteiger partial charge in [0.1, 0.15) is 5.76 Å². The molecular weight excluding hydrogens is 300 g/mol. The monoisotopic (exact) mass is 316 g/mol. The fourth-order valence-electron chi connectivity index (χ4n) is 2.05. The van der Waals surface area contributed by atoms with Crippen LogP contribution in [0.2, 0.25) is 0 Å². The molecule has 3 aromatic rings. The van der Waals surface area contributed by atoms with Crippen LogP contribution in [0, 0.1) is 13.8 Å². The molecule has 0 aliphatic carbocycles. The zero-order valence-electron chi connectivity index (χ0n) is 11.9. The van der Waals surface area contributed by atoms with Crippen LogP contribution >= 0.6 is 23.1 Å². The van der Waals surface area contributed by atoms with Gasteiger partial charge in [-0.1, -0.05) is 6.07 Å². The van der Waals surface area contributed by atoms with Gasteiger partial charge in [0.15, 0.2) is 0 Å². The van der Waals surface area contributed by atoms with Gasteiger partial charge in [-0.3, -0.25) is 0 Å². The van der Waals surface area contributed by atoms with Crippen LogP contribution in [0.25, 0.3) is 10.8 Å². The molecule has 0 radical (unpaired) electrons. The van der Waals surface area contributed by atoms with Gasteiger partial charge in [0.05, 0.1) is 10.6 Å². The Labute approximate surface area is 132 Å². The van der Waals surface area contributed by atoms with Crippen molar-refractivity contribution < 1.29 is 4.42 Å². The summed E-state index contributed by atoms with van der Waals surface area (Å²) in [7, 11) is 0. The molecule has 0 atom stereocenters. The number of benzene rings is 1. The first-order chi connectivity index (χ1) is 10.1. The smallest absolute Gasteiger partial charge is 0.236 e. The van der Waals surface area contributed by atoms with Gasteiger partial charge in [0.25, 0.3) is 0 Å². The Balaban J connectivity index is 1.76. The molecule has 5 heteroatoms. The Bertz CT molecular complexity index is 748. The van der Waals surface area contributed by atoms with E-state index in [4.69, 9.17) is 10.2 Å². The minimum atomic E-state index is 0.715. The van der Waals surface area contributed by atoms with Crippen LogP contribution in [0.5, 0.6) is 0 Å². The minimum Gasteiger partial charge on any atom is -0.440 e. The van der Waals surface area contributed by atoms with Gasteiger partial charge in [0, 0.05) is 16.3 Å². The average molecular weight is 316 g/mol. The second-order valence-electron chi connectivity index (χ2n) is 4.81. The fraction of sp³-hybridized carbons (Fsp3) is 0.188. The summed E-state index contributed by atoms with van der Waals surface area (Å²) in [6.07, 6.45) is 0. The molecule has 1 aromatic carbocycles. The van der Waals surface area contributed by atoms with Gasteiger partial charge >= 0.3 is 0 Å². The molecule has 0 aliphatic heterocycles. The molecule has 0 unspecified atom stereocenters. The molecule has 0 saturated carbocycles. The van der Waals surface area contributed by atoms with Gasteiger partial charge in [0.2, 0.25) is 5.89 Å². The van der Waals surface area contributed by atoms with Crippen molar-refractivity contribution in [2.24, 2.45) is 0 Å². The molecule has 0 saturated heterocycles. The number of anilines is 1. The largest absolute Gasteiger partial charge is 0.440 e. The summed E-state index contributed by atoms with van der Waals surface area (Å²) >= 11 is 3.40. The Morgan fingerprint density at radius 2 is 2.14 bits per heavy atom. The van der Waals surface area contributed by atoms with Gasteiger partial charge in [-0.25, -0.2) is 4.98 Å². The maximum absolute atomic E-state index is 5.78. The number of thioether (sulfide) groups is 1. The lowest BCUT2D eigenvalue weighted by Gasteiger charge is -2.05. The molecule has 0 fully saturated rings. The van der Waals surface area contributed by atoms with E-state index in [1.165, 1.54) is 10.5 Å². The van der Waals surface area contributed by atoms with Crippen LogP contribution in [0.15, 0.2) is 45.0 Å². The number of hydrogen-bond donors (Lipinski definition) is 1. The molecule has 3 nitrogen and oxygen atoms in total. The van der Waals surface area contributed by atoms with Crippen molar-refractivity contribution in [3.05, 3.63) is 52.7 Å². The van der Waals surface area contributed by atoms with E-state index in [-0.39, 0.29) is 0 Å². The third-order valence-corrected chi connectivity index (χ3v) is 5.23. The summed E-state index contributed by atoms with van der Waals surface area (Å²) in [5, 5.41) is 2.03. The molecule has 2 N–H and O–H groups in total. The fourth-order valence-corrected chi connectivity index (χ4v) is 3.71. The first-order valence-electron chi connectivity index (χ1n) is 6.62. The molecule has 108 valence electrons. The zero-order valence-corrected chi connectivity index (χ0v) is 13.6. The number of rotatable bonds is 4. The average Bonchev–Trinajstić information content (AvgIpc) is 3.07. The Hall–Kier alpha value is -1.72. The number of aromatic nitrogens is 1. The van der Waals surface area contributed by atoms with Gasteiger partial charge in [-0.2, -0.15) is 0 Å². The number of nitrogens with two attached hydrogens (primary N) is 1. The highest BCUT2D eigenvalue weighted by atomic mass is 32.2. The molecule has 0 spiro atoms. The van der Waals surface area contributed by atoms with Gasteiger partial charge < -0.3 is 10.2 Å². The van der Waals surface area contributed by atoms with Crippen molar-refractivity contribution in [3.8, 4) is 10.8 Å². The standard InChI is InChI=1S/C16H16N2OS2/c1-10-8-12(17)5-6-14(10)21-9-13-11(2)19-16(18-13)15-4-3-7-20-15/h3-8H,9,17H2,1-2H3. The number of nitrogens with zero attached hydrogens (tertiary/aromatic N) is 1. The maximum atomic E-state index is 5.78. The van der Waals surface area contributed by atoms with Crippen LogP contribution in [0.1, 0.15) is 17.0 Å². The van der Waals surface area contributed by atoms with Crippen molar-refractivity contribution in [2.75, 3.05) is 5.73 Å². The Morgan fingerprint density at radius 1 is 1.29 bits per heavy atom. The first-order valence-corrected chi connectivity index (χ1v) is 8.49. The van der Waals surface area contributed by atoms with E-state index in [9.17, 15) is 0 Å². The molecule has 0 bridgehead atoms. The van der Waals surface area contributed by atoms with Crippen molar-refractivity contribution in [3.63, 3.8) is 0 Å². The topological polar surface area (TPSA) is 52.0 Å². The van der Waals surface area contributed by atoms with Crippen molar-refractivity contribution in [1.82, 2.24) is 4.98 Å². The summed E-state index contributed by atoms with van der Waals surface area (Å²) in [5.41, 5.74) is 8.78. The molecule has 0 aliphatic rings. The van der Waals surface area contributed by atoms with Crippen LogP contribution < -0.4 is 5.73 Å². The van der Waals surface area contributed by atoms with E-state index in [1.807, 2.05) is 36.6 Å². The molecule has 21 heavy (non-hydrogen) atoms. The summed E-state index contributed by atoms with van der Waals surface area (Å²) in [6, 6.07) is 10.0. The number of oxazole rings is 1. The minimum absolute atomic E-state index is 0.715. The van der Waals surface area contributed by atoms with Crippen LogP contribution in [-0.4, -0.2) is 4.98 Å². The second kappa shape index (κ2) is 5.95. The van der Waals surface area contributed by atoms with E-state index >= 15 is 0 Å². The predicted octanol–water partition coefficient (Wildman–Crippen LogP) is 4.89. The number of nitrogen functional groups attached to an aromatic ring is 1. The van der Waals surface area contributed by atoms with E-state index in [1.54, 1.807) is 23.1 Å². The van der Waals surface area contributed by atoms with Crippen molar-refractivity contribution in [1.29, 1.82) is 0 Å². The summed E-state index contributed by atoms with van der Waals surface area (Å²) in [6.45, 7) is 4.04. The second-order valence-corrected chi connectivity index (χ2v) is 6.78. The predicted molar refractivity (Wildman–Crippen MR) is 89.7 cm³/mol. The normalized spacial score (nSPS) is 11.0. The van der Waals surface area contributed by atoms with E-state index in [0.717, 1.165) is 27.8 Å². The Morgan fingerprint density at radius 3 is 2.86 bits per heavy atom. The lowest BCUT2D eigenvalue weighted by atomic mass is 10.2. The number of hydrogen-bond acceptors (Lipinski definition) is 5. The van der Waals surface area contributed by atoms with E-state index < -0.39 is 0 Å². The van der Waals surface area contributed by atoms with Crippen LogP contribution in [0.4, 0.5) is 5.69 Å². The lowest BCUT2D eigenvalue weighted by molar-refractivity contribution is 0.542. The molecule has 2 heterocycles. The molecule has 2 aromatic heterocycles. The van der Waals surface area contributed by atoms with Crippen molar-refractivity contribution >= 4 is 28.8 Å². The molecule has 0 amide bonds. The van der Waals surface area contributed by atoms with E-state index in [2.05, 4.69) is 18.0 Å². The van der Waals surface area contributed by atoms with Gasteiger partial charge in [-0.05, 0) is 49.1 Å². The van der Waals surface area contributed by atoms with Crippen LogP contribution in [0.3, 0.4) is 0 Å². The highest BCUT2D eigenvalue weighted by molar-refractivity contribution is 7.98.